The molecule has 1 fully saturated rings. The smallest absolute Gasteiger partial charge is 0.240 e. The van der Waals surface area contributed by atoms with Crippen molar-refractivity contribution in [2.75, 3.05) is 31.5 Å². The number of aromatic nitrogens is 1. The van der Waals surface area contributed by atoms with Crippen LogP contribution in [0.5, 0.6) is 0 Å². The summed E-state index contributed by atoms with van der Waals surface area (Å²) in [7, 11) is 0. The van der Waals surface area contributed by atoms with Crippen molar-refractivity contribution in [1.29, 1.82) is 0 Å². The Labute approximate surface area is 138 Å². The van der Waals surface area contributed by atoms with Gasteiger partial charge >= 0.3 is 0 Å². The molecule has 23 heavy (non-hydrogen) atoms. The SMILES string of the molecule is O=C1CN(CC(=O)Nc2ncc(Cc3ccccc3)s2)CCN1. The van der Waals surface area contributed by atoms with Crippen LogP contribution in [0.25, 0.3) is 0 Å². The molecule has 0 unspecified atom stereocenters. The van der Waals surface area contributed by atoms with E-state index in [0.717, 1.165) is 11.3 Å². The monoisotopic (exact) mass is 330 g/mol. The van der Waals surface area contributed by atoms with Gasteiger partial charge in [0.15, 0.2) is 5.13 Å². The van der Waals surface area contributed by atoms with Gasteiger partial charge in [0.05, 0.1) is 13.1 Å². The highest BCUT2D eigenvalue weighted by Gasteiger charge is 2.19. The molecule has 0 bridgehead atoms. The van der Waals surface area contributed by atoms with E-state index in [9.17, 15) is 9.59 Å². The van der Waals surface area contributed by atoms with Crippen LogP contribution in [0.15, 0.2) is 36.5 Å². The summed E-state index contributed by atoms with van der Waals surface area (Å²) < 4.78 is 0. The van der Waals surface area contributed by atoms with E-state index in [2.05, 4.69) is 27.8 Å². The third kappa shape index (κ3) is 4.61. The predicted molar refractivity (Wildman–Crippen MR) is 89.4 cm³/mol. The molecule has 0 radical (unpaired) electrons. The number of thiazole rings is 1. The number of amides is 2. The average Bonchev–Trinajstić information content (AvgIpc) is 2.95. The van der Waals surface area contributed by atoms with Crippen molar-refractivity contribution in [2.24, 2.45) is 0 Å². The molecule has 1 aliphatic rings. The molecule has 6 nitrogen and oxygen atoms in total. The fourth-order valence-electron chi connectivity index (χ4n) is 2.43. The molecule has 0 saturated carbocycles. The first-order chi connectivity index (χ1) is 11.2. The number of benzene rings is 1. The van der Waals surface area contributed by atoms with E-state index >= 15 is 0 Å². The molecular weight excluding hydrogens is 312 g/mol. The van der Waals surface area contributed by atoms with Gasteiger partial charge in [-0.3, -0.25) is 14.5 Å². The Hall–Kier alpha value is -2.25. The Balaban J connectivity index is 1.52. The molecule has 0 atom stereocenters. The maximum atomic E-state index is 12.0. The number of nitrogens with one attached hydrogen (secondary N) is 2. The van der Waals surface area contributed by atoms with Crippen LogP contribution in [-0.2, 0) is 16.0 Å². The lowest BCUT2D eigenvalue weighted by Gasteiger charge is -2.25. The lowest BCUT2D eigenvalue weighted by molar-refractivity contribution is -0.125. The van der Waals surface area contributed by atoms with E-state index in [1.807, 2.05) is 23.1 Å². The van der Waals surface area contributed by atoms with Crippen LogP contribution in [0, 0.1) is 0 Å². The number of rotatable bonds is 5. The van der Waals surface area contributed by atoms with Crippen molar-refractivity contribution in [3.8, 4) is 0 Å². The highest BCUT2D eigenvalue weighted by Crippen LogP contribution is 2.21. The van der Waals surface area contributed by atoms with Crippen molar-refractivity contribution in [1.82, 2.24) is 15.2 Å². The topological polar surface area (TPSA) is 74.3 Å². The van der Waals surface area contributed by atoms with Crippen LogP contribution in [0.2, 0.25) is 0 Å². The Morgan fingerprint density at radius 3 is 2.96 bits per heavy atom. The molecule has 1 saturated heterocycles. The minimum atomic E-state index is -0.139. The van der Waals surface area contributed by atoms with Crippen LogP contribution in [-0.4, -0.2) is 47.9 Å². The van der Waals surface area contributed by atoms with Gasteiger partial charge in [-0.15, -0.1) is 11.3 Å². The Kier molecular flexibility index (Phi) is 4.99. The van der Waals surface area contributed by atoms with Gasteiger partial charge in [-0.25, -0.2) is 4.98 Å². The molecule has 1 aromatic carbocycles. The number of carbonyl (C=O) groups is 2. The third-order valence-corrected chi connectivity index (χ3v) is 4.42. The van der Waals surface area contributed by atoms with E-state index in [-0.39, 0.29) is 24.9 Å². The van der Waals surface area contributed by atoms with Crippen LogP contribution in [0.1, 0.15) is 10.4 Å². The fourth-order valence-corrected chi connectivity index (χ4v) is 3.30. The van der Waals surface area contributed by atoms with E-state index in [1.54, 1.807) is 6.20 Å². The fraction of sp³-hybridized carbons (Fsp3) is 0.312. The molecule has 2 amide bonds. The van der Waals surface area contributed by atoms with Crippen molar-refractivity contribution >= 4 is 28.3 Å². The van der Waals surface area contributed by atoms with Crippen molar-refractivity contribution < 1.29 is 9.59 Å². The number of piperazine rings is 1. The van der Waals surface area contributed by atoms with Crippen molar-refractivity contribution in [3.63, 3.8) is 0 Å². The number of hydrogen-bond donors (Lipinski definition) is 2. The molecule has 1 aromatic heterocycles. The highest BCUT2D eigenvalue weighted by atomic mass is 32.1. The van der Waals surface area contributed by atoms with Gasteiger partial charge in [-0.05, 0) is 5.56 Å². The second kappa shape index (κ2) is 7.34. The standard InChI is InChI=1S/C16H18N4O2S/c21-14-10-20(7-6-17-14)11-15(22)19-16-18-9-13(23-16)8-12-4-2-1-3-5-12/h1-5,9H,6-8,10-11H2,(H,17,21)(H,18,19,22). The third-order valence-electron chi connectivity index (χ3n) is 3.51. The largest absolute Gasteiger partial charge is 0.354 e. The second-order valence-corrected chi connectivity index (χ2v) is 6.52. The highest BCUT2D eigenvalue weighted by molar-refractivity contribution is 7.15. The molecule has 1 aliphatic heterocycles. The van der Waals surface area contributed by atoms with Gasteiger partial charge in [0.1, 0.15) is 0 Å². The molecule has 0 spiro atoms. The first kappa shape index (κ1) is 15.6. The van der Waals surface area contributed by atoms with E-state index in [0.29, 0.717) is 18.2 Å². The minimum absolute atomic E-state index is 0.0385. The quantitative estimate of drug-likeness (QED) is 0.861. The zero-order chi connectivity index (χ0) is 16.1. The second-order valence-electron chi connectivity index (χ2n) is 5.40. The first-order valence-corrected chi connectivity index (χ1v) is 8.28. The van der Waals surface area contributed by atoms with Gasteiger partial charge in [-0.1, -0.05) is 30.3 Å². The molecule has 3 rings (SSSR count). The Bertz CT molecular complexity index is 686. The molecule has 7 heteroatoms. The van der Waals surface area contributed by atoms with E-state index in [1.165, 1.54) is 16.9 Å². The lowest BCUT2D eigenvalue weighted by atomic mass is 10.1. The number of anilines is 1. The summed E-state index contributed by atoms with van der Waals surface area (Å²) in [5, 5.41) is 6.14. The molecule has 120 valence electrons. The van der Waals surface area contributed by atoms with Gasteiger partial charge < -0.3 is 10.6 Å². The van der Waals surface area contributed by atoms with Crippen molar-refractivity contribution in [3.05, 3.63) is 47.0 Å². The maximum Gasteiger partial charge on any atom is 0.240 e. The molecule has 2 N–H and O–H groups in total. The lowest BCUT2D eigenvalue weighted by Crippen LogP contribution is -2.49. The van der Waals surface area contributed by atoms with Crippen molar-refractivity contribution in [2.45, 2.75) is 6.42 Å². The molecule has 0 aliphatic carbocycles. The van der Waals surface area contributed by atoms with Gasteiger partial charge in [0.2, 0.25) is 11.8 Å². The summed E-state index contributed by atoms with van der Waals surface area (Å²) in [5.41, 5.74) is 1.22. The summed E-state index contributed by atoms with van der Waals surface area (Å²) in [5.74, 6) is -0.177. The number of nitrogens with zero attached hydrogens (tertiary/aromatic N) is 2. The van der Waals surface area contributed by atoms with E-state index in [4.69, 9.17) is 0 Å². The molecular formula is C16H18N4O2S. The summed E-state index contributed by atoms with van der Waals surface area (Å²) in [6, 6.07) is 10.1. The summed E-state index contributed by atoms with van der Waals surface area (Å²) in [6.07, 6.45) is 2.60. The van der Waals surface area contributed by atoms with Gasteiger partial charge in [0.25, 0.3) is 0 Å². The summed E-state index contributed by atoms with van der Waals surface area (Å²) in [6.45, 7) is 1.76. The minimum Gasteiger partial charge on any atom is -0.354 e. The summed E-state index contributed by atoms with van der Waals surface area (Å²) in [4.78, 5) is 30.5. The Morgan fingerprint density at radius 1 is 1.35 bits per heavy atom. The average molecular weight is 330 g/mol. The first-order valence-electron chi connectivity index (χ1n) is 7.46. The molecule has 2 aromatic rings. The molecule has 2 heterocycles. The zero-order valence-electron chi connectivity index (χ0n) is 12.6. The van der Waals surface area contributed by atoms with Crippen LogP contribution in [0.4, 0.5) is 5.13 Å². The van der Waals surface area contributed by atoms with Gasteiger partial charge in [-0.2, -0.15) is 0 Å². The van der Waals surface area contributed by atoms with E-state index < -0.39 is 0 Å². The van der Waals surface area contributed by atoms with Crippen LogP contribution in [0.3, 0.4) is 0 Å². The number of carbonyl (C=O) groups excluding carboxylic acids is 2. The maximum absolute atomic E-state index is 12.0. The predicted octanol–water partition coefficient (Wildman–Crippen LogP) is 1.10. The Morgan fingerprint density at radius 2 is 2.17 bits per heavy atom. The van der Waals surface area contributed by atoms with Crippen LogP contribution < -0.4 is 10.6 Å². The van der Waals surface area contributed by atoms with Crippen LogP contribution >= 0.6 is 11.3 Å². The zero-order valence-corrected chi connectivity index (χ0v) is 13.4. The van der Waals surface area contributed by atoms with Gasteiger partial charge in [0, 0.05) is 30.6 Å². The number of hydrogen-bond acceptors (Lipinski definition) is 5. The normalized spacial score (nSPS) is 15.2. The summed E-state index contributed by atoms with van der Waals surface area (Å²) >= 11 is 1.48.